The largest absolute Gasteiger partial charge is 0.457 e. The molecule has 0 saturated heterocycles. The summed E-state index contributed by atoms with van der Waals surface area (Å²) in [4.78, 5) is 39.6. The van der Waals surface area contributed by atoms with Crippen molar-refractivity contribution >= 4 is 35.2 Å². The molecule has 0 aliphatic rings. The van der Waals surface area contributed by atoms with Gasteiger partial charge in [-0.3, -0.25) is 14.4 Å². The molecule has 3 rings (SSSR count). The third kappa shape index (κ3) is 7.13. The number of carbonyl (C=O) groups is 3. The minimum atomic E-state index is -0.753. The topological polar surface area (TPSA) is 107 Å². The SMILES string of the molecule is O=C(COC(=O)CNC(=O)c1ccc(Oc2ccccc2)cc1)Nc1ccc(Cl)cn1. The van der Waals surface area contributed by atoms with Gasteiger partial charge < -0.3 is 20.1 Å². The molecule has 31 heavy (non-hydrogen) atoms. The van der Waals surface area contributed by atoms with E-state index in [4.69, 9.17) is 21.1 Å². The van der Waals surface area contributed by atoms with E-state index < -0.39 is 24.4 Å². The van der Waals surface area contributed by atoms with E-state index in [9.17, 15) is 14.4 Å². The predicted molar refractivity (Wildman–Crippen MR) is 114 cm³/mol. The van der Waals surface area contributed by atoms with Gasteiger partial charge in [0.2, 0.25) is 0 Å². The van der Waals surface area contributed by atoms with Crippen LogP contribution in [0.2, 0.25) is 5.02 Å². The number of anilines is 1. The number of nitrogens with zero attached hydrogens (tertiary/aromatic N) is 1. The van der Waals surface area contributed by atoms with Crippen LogP contribution in [0.1, 0.15) is 10.4 Å². The first kappa shape index (κ1) is 21.8. The number of rotatable bonds is 8. The van der Waals surface area contributed by atoms with E-state index in [1.165, 1.54) is 12.3 Å². The Morgan fingerprint density at radius 1 is 0.903 bits per heavy atom. The third-order valence-electron chi connectivity index (χ3n) is 3.85. The van der Waals surface area contributed by atoms with Crippen LogP contribution in [0, 0.1) is 0 Å². The lowest BCUT2D eigenvalue weighted by atomic mass is 10.2. The molecule has 8 nitrogen and oxygen atoms in total. The highest BCUT2D eigenvalue weighted by molar-refractivity contribution is 6.30. The molecule has 158 valence electrons. The van der Waals surface area contributed by atoms with Crippen molar-refractivity contribution in [2.75, 3.05) is 18.5 Å². The third-order valence-corrected chi connectivity index (χ3v) is 4.07. The van der Waals surface area contributed by atoms with Gasteiger partial charge in [-0.15, -0.1) is 0 Å². The smallest absolute Gasteiger partial charge is 0.325 e. The monoisotopic (exact) mass is 439 g/mol. The molecule has 0 radical (unpaired) electrons. The maximum atomic E-state index is 12.2. The number of benzene rings is 2. The highest BCUT2D eigenvalue weighted by Crippen LogP contribution is 2.21. The van der Waals surface area contributed by atoms with Gasteiger partial charge in [-0.2, -0.15) is 0 Å². The number of hydrogen-bond donors (Lipinski definition) is 2. The van der Waals surface area contributed by atoms with Crippen LogP contribution in [0.5, 0.6) is 11.5 Å². The normalized spacial score (nSPS) is 10.1. The second kappa shape index (κ2) is 10.7. The lowest BCUT2D eigenvalue weighted by molar-refractivity contribution is -0.146. The highest BCUT2D eigenvalue weighted by Gasteiger charge is 2.11. The Kier molecular flexibility index (Phi) is 7.56. The zero-order valence-electron chi connectivity index (χ0n) is 16.2. The number of ether oxygens (including phenoxy) is 2. The molecule has 0 bridgehead atoms. The van der Waals surface area contributed by atoms with Crippen LogP contribution in [-0.2, 0) is 14.3 Å². The first-order valence-corrected chi connectivity index (χ1v) is 9.55. The predicted octanol–water partition coefficient (Wildman–Crippen LogP) is 3.44. The van der Waals surface area contributed by atoms with Crippen LogP contribution in [0.25, 0.3) is 0 Å². The fraction of sp³-hybridized carbons (Fsp3) is 0.0909. The van der Waals surface area contributed by atoms with E-state index in [1.807, 2.05) is 30.3 Å². The Bertz CT molecular complexity index is 1040. The Labute approximate surface area is 183 Å². The van der Waals surface area contributed by atoms with Gasteiger partial charge >= 0.3 is 5.97 Å². The Hall–Kier alpha value is -3.91. The van der Waals surface area contributed by atoms with Crippen molar-refractivity contribution in [3.8, 4) is 11.5 Å². The van der Waals surface area contributed by atoms with Gasteiger partial charge in [0.1, 0.15) is 23.9 Å². The first-order valence-electron chi connectivity index (χ1n) is 9.18. The average Bonchev–Trinajstić information content (AvgIpc) is 2.79. The van der Waals surface area contributed by atoms with Gasteiger partial charge in [0, 0.05) is 11.8 Å². The molecule has 0 aliphatic heterocycles. The van der Waals surface area contributed by atoms with Crippen molar-refractivity contribution in [3.05, 3.63) is 83.5 Å². The van der Waals surface area contributed by atoms with E-state index in [1.54, 1.807) is 30.3 Å². The molecule has 0 spiro atoms. The molecule has 0 aliphatic carbocycles. The number of halogens is 1. The minimum Gasteiger partial charge on any atom is -0.457 e. The molecule has 3 aromatic rings. The summed E-state index contributed by atoms with van der Waals surface area (Å²) in [6.07, 6.45) is 1.37. The summed E-state index contributed by atoms with van der Waals surface area (Å²) in [6, 6.07) is 18.8. The molecule has 0 fully saturated rings. The Balaban J connectivity index is 1.39. The summed E-state index contributed by atoms with van der Waals surface area (Å²) in [5.41, 5.74) is 0.347. The molecule has 9 heteroatoms. The van der Waals surface area contributed by atoms with Gasteiger partial charge in [-0.25, -0.2) is 4.98 Å². The van der Waals surface area contributed by atoms with E-state index in [-0.39, 0.29) is 12.4 Å². The molecule has 2 amide bonds. The lowest BCUT2D eigenvalue weighted by Gasteiger charge is -2.08. The summed E-state index contributed by atoms with van der Waals surface area (Å²) in [6.45, 7) is -0.891. The number of pyridine rings is 1. The molecular formula is C22H18ClN3O5. The van der Waals surface area contributed by atoms with Crippen molar-refractivity contribution in [1.82, 2.24) is 10.3 Å². The summed E-state index contributed by atoms with van der Waals surface area (Å²) >= 11 is 5.71. The zero-order valence-corrected chi connectivity index (χ0v) is 17.0. The second-order valence-corrected chi connectivity index (χ2v) is 6.63. The number of para-hydroxylation sites is 1. The molecule has 0 unspecified atom stereocenters. The average molecular weight is 440 g/mol. The fourth-order valence-corrected chi connectivity index (χ4v) is 2.49. The molecule has 0 atom stereocenters. The van der Waals surface area contributed by atoms with Crippen LogP contribution in [0.3, 0.4) is 0 Å². The maximum Gasteiger partial charge on any atom is 0.325 e. The quantitative estimate of drug-likeness (QED) is 0.521. The van der Waals surface area contributed by atoms with Crippen molar-refractivity contribution < 1.29 is 23.9 Å². The van der Waals surface area contributed by atoms with Crippen LogP contribution >= 0.6 is 11.6 Å². The van der Waals surface area contributed by atoms with E-state index >= 15 is 0 Å². The molecule has 1 heterocycles. The van der Waals surface area contributed by atoms with Crippen LogP contribution in [-0.4, -0.2) is 35.9 Å². The van der Waals surface area contributed by atoms with Gasteiger partial charge in [0.15, 0.2) is 6.61 Å². The van der Waals surface area contributed by atoms with Crippen LogP contribution in [0.15, 0.2) is 72.9 Å². The van der Waals surface area contributed by atoms with Gasteiger partial charge in [0.05, 0.1) is 5.02 Å². The number of nitrogens with one attached hydrogen (secondary N) is 2. The van der Waals surface area contributed by atoms with Crippen molar-refractivity contribution in [2.45, 2.75) is 0 Å². The number of esters is 1. The standard InChI is InChI=1S/C22H18ClN3O5/c23-16-8-11-19(24-12-16)26-20(27)14-30-21(28)13-25-22(29)15-6-9-18(10-7-15)31-17-4-2-1-3-5-17/h1-12H,13-14H2,(H,25,29)(H,24,26,27). The molecular weight excluding hydrogens is 422 g/mol. The van der Waals surface area contributed by atoms with Crippen molar-refractivity contribution in [3.63, 3.8) is 0 Å². The summed E-state index contributed by atoms with van der Waals surface area (Å²) in [5, 5.41) is 5.32. The van der Waals surface area contributed by atoms with Gasteiger partial charge in [0.25, 0.3) is 11.8 Å². The Morgan fingerprint density at radius 3 is 2.29 bits per heavy atom. The van der Waals surface area contributed by atoms with E-state index in [2.05, 4.69) is 15.6 Å². The van der Waals surface area contributed by atoms with Crippen LogP contribution < -0.4 is 15.4 Å². The Morgan fingerprint density at radius 2 is 1.61 bits per heavy atom. The van der Waals surface area contributed by atoms with Gasteiger partial charge in [-0.05, 0) is 48.5 Å². The molecule has 0 saturated carbocycles. The second-order valence-electron chi connectivity index (χ2n) is 6.19. The van der Waals surface area contributed by atoms with Crippen molar-refractivity contribution in [2.24, 2.45) is 0 Å². The summed E-state index contributed by atoms with van der Waals surface area (Å²) in [7, 11) is 0. The lowest BCUT2D eigenvalue weighted by Crippen LogP contribution is -2.32. The van der Waals surface area contributed by atoms with Crippen molar-refractivity contribution in [1.29, 1.82) is 0 Å². The number of amides is 2. The number of hydrogen-bond acceptors (Lipinski definition) is 6. The fourth-order valence-electron chi connectivity index (χ4n) is 2.38. The molecule has 2 aromatic carbocycles. The highest BCUT2D eigenvalue weighted by atomic mass is 35.5. The zero-order chi connectivity index (χ0) is 22.1. The van der Waals surface area contributed by atoms with Gasteiger partial charge in [-0.1, -0.05) is 29.8 Å². The van der Waals surface area contributed by atoms with E-state index in [0.717, 1.165) is 0 Å². The molecule has 1 aromatic heterocycles. The maximum absolute atomic E-state index is 12.2. The molecule has 2 N–H and O–H groups in total. The van der Waals surface area contributed by atoms with E-state index in [0.29, 0.717) is 22.1 Å². The first-order chi connectivity index (χ1) is 15.0. The van der Waals surface area contributed by atoms with Crippen LogP contribution in [0.4, 0.5) is 5.82 Å². The number of carbonyl (C=O) groups excluding carboxylic acids is 3. The summed E-state index contributed by atoms with van der Waals surface area (Å²) < 4.78 is 10.5. The number of aromatic nitrogens is 1. The minimum absolute atomic E-state index is 0.276. The summed E-state index contributed by atoms with van der Waals surface area (Å²) in [5.74, 6) is -0.252.